The first kappa shape index (κ1) is 15.0. The van der Waals surface area contributed by atoms with Crippen LogP contribution in [0.3, 0.4) is 0 Å². The van der Waals surface area contributed by atoms with E-state index in [1.165, 1.54) is 0 Å². The lowest BCUT2D eigenvalue weighted by molar-refractivity contribution is 0.111. The van der Waals surface area contributed by atoms with Gasteiger partial charge < -0.3 is 9.47 Å². The summed E-state index contributed by atoms with van der Waals surface area (Å²) < 4.78 is 11.4. The van der Waals surface area contributed by atoms with Crippen molar-refractivity contribution in [1.29, 1.82) is 5.26 Å². The van der Waals surface area contributed by atoms with Crippen LogP contribution in [0.1, 0.15) is 43.4 Å². The van der Waals surface area contributed by atoms with E-state index in [2.05, 4.69) is 11.1 Å². The Kier molecular flexibility index (Phi) is 4.41. The number of nitriles is 1. The number of rotatable bonds is 4. The third kappa shape index (κ3) is 3.13. The maximum absolute atomic E-state index is 9.18. The van der Waals surface area contributed by atoms with E-state index in [4.69, 9.17) is 9.47 Å². The number of benzene rings is 1. The molecule has 1 unspecified atom stereocenters. The molecule has 0 spiro atoms. The van der Waals surface area contributed by atoms with Crippen molar-refractivity contribution in [2.24, 2.45) is 0 Å². The average molecular weight is 314 g/mol. The molecule has 1 aliphatic rings. The zero-order chi connectivity index (χ0) is 15.5. The van der Waals surface area contributed by atoms with Crippen molar-refractivity contribution in [1.82, 2.24) is 4.98 Å². The lowest BCUT2D eigenvalue weighted by Gasteiger charge is -2.12. The zero-order valence-corrected chi connectivity index (χ0v) is 13.5. The van der Waals surface area contributed by atoms with Gasteiger partial charge in [-0.3, -0.25) is 0 Å². The molecule has 5 heteroatoms. The molecule has 22 heavy (non-hydrogen) atoms. The molecule has 1 aliphatic heterocycles. The van der Waals surface area contributed by atoms with E-state index >= 15 is 0 Å². The van der Waals surface area contributed by atoms with Crippen LogP contribution in [0.2, 0.25) is 0 Å². The summed E-state index contributed by atoms with van der Waals surface area (Å²) in [6, 6.07) is 7.84. The third-order valence-corrected chi connectivity index (χ3v) is 4.62. The number of thiazole rings is 1. The highest BCUT2D eigenvalue weighted by Gasteiger charge is 2.21. The maximum Gasteiger partial charge on any atom is 0.138 e. The first-order valence-electron chi connectivity index (χ1n) is 7.46. The average Bonchev–Trinajstić information content (AvgIpc) is 3.17. The van der Waals surface area contributed by atoms with Gasteiger partial charge >= 0.3 is 0 Å². The van der Waals surface area contributed by atoms with Crippen molar-refractivity contribution in [3.63, 3.8) is 0 Å². The molecule has 1 aromatic carbocycles. The Labute approximate surface area is 134 Å². The molecular weight excluding hydrogens is 296 g/mol. The number of ether oxygens (including phenoxy) is 2. The second kappa shape index (κ2) is 6.47. The minimum Gasteiger partial charge on any atom is -0.490 e. The molecule has 0 bridgehead atoms. The van der Waals surface area contributed by atoms with Crippen LogP contribution in [0.15, 0.2) is 24.4 Å². The van der Waals surface area contributed by atoms with E-state index in [1.54, 1.807) is 17.4 Å². The van der Waals surface area contributed by atoms with Crippen molar-refractivity contribution in [3.8, 4) is 22.3 Å². The van der Waals surface area contributed by atoms with Crippen molar-refractivity contribution >= 4 is 11.3 Å². The van der Waals surface area contributed by atoms with Gasteiger partial charge in [-0.1, -0.05) is 6.07 Å². The highest BCUT2D eigenvalue weighted by Crippen LogP contribution is 2.36. The molecule has 2 heterocycles. The van der Waals surface area contributed by atoms with E-state index in [0.29, 0.717) is 11.3 Å². The summed E-state index contributed by atoms with van der Waals surface area (Å²) >= 11 is 1.65. The fourth-order valence-electron chi connectivity index (χ4n) is 2.46. The Morgan fingerprint density at radius 2 is 2.32 bits per heavy atom. The fourth-order valence-corrected chi connectivity index (χ4v) is 3.46. The van der Waals surface area contributed by atoms with Crippen molar-refractivity contribution in [3.05, 3.63) is 35.0 Å². The molecule has 2 aromatic rings. The summed E-state index contributed by atoms with van der Waals surface area (Å²) in [5.74, 6) is 0.627. The van der Waals surface area contributed by atoms with Gasteiger partial charge in [0.05, 0.1) is 16.5 Å². The van der Waals surface area contributed by atoms with Gasteiger partial charge in [0, 0.05) is 12.8 Å². The molecule has 0 aliphatic carbocycles. The molecular formula is C17H18N2O2S. The summed E-state index contributed by atoms with van der Waals surface area (Å²) in [5, 5.41) is 10.2. The van der Waals surface area contributed by atoms with Crippen molar-refractivity contribution in [2.45, 2.75) is 38.9 Å². The van der Waals surface area contributed by atoms with Gasteiger partial charge in [-0.25, -0.2) is 4.98 Å². The molecule has 0 N–H and O–H groups in total. The van der Waals surface area contributed by atoms with E-state index < -0.39 is 0 Å². The van der Waals surface area contributed by atoms with Crippen LogP contribution in [-0.4, -0.2) is 17.7 Å². The Bertz CT molecular complexity index is 697. The summed E-state index contributed by atoms with van der Waals surface area (Å²) in [6.45, 7) is 4.73. The van der Waals surface area contributed by atoms with E-state index in [9.17, 15) is 5.26 Å². The Morgan fingerprint density at radius 1 is 1.45 bits per heavy atom. The van der Waals surface area contributed by atoms with Gasteiger partial charge in [-0.15, -0.1) is 11.3 Å². The number of hydrogen-bond acceptors (Lipinski definition) is 5. The predicted octanol–water partition coefficient (Wildman–Crippen LogP) is 4.32. The van der Waals surface area contributed by atoms with Gasteiger partial charge in [-0.2, -0.15) is 5.26 Å². The number of nitrogens with zero attached hydrogens (tertiary/aromatic N) is 2. The van der Waals surface area contributed by atoms with E-state index in [0.717, 1.165) is 34.9 Å². The van der Waals surface area contributed by atoms with E-state index in [1.807, 2.05) is 32.2 Å². The molecule has 3 rings (SSSR count). The lowest BCUT2D eigenvalue weighted by Crippen LogP contribution is -2.06. The number of aromatic nitrogens is 1. The molecule has 114 valence electrons. The molecule has 0 saturated carbocycles. The minimum absolute atomic E-state index is 0.0336. The Hall–Kier alpha value is -1.90. The highest BCUT2D eigenvalue weighted by atomic mass is 32.1. The third-order valence-electron chi connectivity index (χ3n) is 3.48. The molecule has 1 fully saturated rings. The molecule has 1 saturated heterocycles. The van der Waals surface area contributed by atoms with Crippen LogP contribution in [0, 0.1) is 11.3 Å². The Balaban J connectivity index is 1.89. The standard InChI is InChI=1S/C17H18N2O2S/c1-11(2)21-15-8-12(5-6-13(15)9-18)16-10-19-17(22-16)14-4-3-7-20-14/h5-6,8,10-11,14H,3-4,7H2,1-2H3. The first-order chi connectivity index (χ1) is 10.7. The van der Waals surface area contributed by atoms with Crippen molar-refractivity contribution in [2.75, 3.05) is 6.61 Å². The monoisotopic (exact) mass is 314 g/mol. The molecule has 4 nitrogen and oxygen atoms in total. The second-order valence-corrected chi connectivity index (χ2v) is 6.62. The SMILES string of the molecule is CC(C)Oc1cc(-c2cnc(C3CCCO3)s2)ccc1C#N. The predicted molar refractivity (Wildman–Crippen MR) is 86.0 cm³/mol. The van der Waals surface area contributed by atoms with Gasteiger partial charge in [-0.05, 0) is 44.4 Å². The van der Waals surface area contributed by atoms with Gasteiger partial charge in [0.15, 0.2) is 0 Å². The van der Waals surface area contributed by atoms with Crippen LogP contribution < -0.4 is 4.74 Å². The van der Waals surface area contributed by atoms with Gasteiger partial charge in [0.25, 0.3) is 0 Å². The summed E-state index contributed by atoms with van der Waals surface area (Å²) in [6.07, 6.45) is 4.20. The van der Waals surface area contributed by atoms with Crippen LogP contribution in [0.25, 0.3) is 10.4 Å². The first-order valence-corrected chi connectivity index (χ1v) is 8.27. The molecule has 1 atom stereocenters. The Morgan fingerprint density at radius 3 is 3.00 bits per heavy atom. The normalized spacial score (nSPS) is 17.6. The molecule has 1 aromatic heterocycles. The minimum atomic E-state index is 0.0336. The van der Waals surface area contributed by atoms with Crippen molar-refractivity contribution < 1.29 is 9.47 Å². The summed E-state index contributed by atoms with van der Waals surface area (Å²) in [4.78, 5) is 5.57. The highest BCUT2D eigenvalue weighted by molar-refractivity contribution is 7.15. The summed E-state index contributed by atoms with van der Waals surface area (Å²) in [7, 11) is 0. The quantitative estimate of drug-likeness (QED) is 0.843. The van der Waals surface area contributed by atoms with E-state index in [-0.39, 0.29) is 12.2 Å². The zero-order valence-electron chi connectivity index (χ0n) is 12.7. The van der Waals surface area contributed by atoms with Gasteiger partial charge in [0.2, 0.25) is 0 Å². The lowest BCUT2D eigenvalue weighted by atomic mass is 10.1. The largest absolute Gasteiger partial charge is 0.490 e. The summed E-state index contributed by atoms with van der Waals surface area (Å²) in [5.41, 5.74) is 1.58. The van der Waals surface area contributed by atoms with Crippen LogP contribution >= 0.6 is 11.3 Å². The van der Waals surface area contributed by atoms with Crippen LogP contribution in [0.5, 0.6) is 5.75 Å². The molecule has 0 amide bonds. The maximum atomic E-state index is 9.18. The van der Waals surface area contributed by atoms with Gasteiger partial charge in [0.1, 0.15) is 22.9 Å². The topological polar surface area (TPSA) is 55.1 Å². The van der Waals surface area contributed by atoms with Crippen LogP contribution in [-0.2, 0) is 4.74 Å². The second-order valence-electron chi connectivity index (χ2n) is 5.55. The smallest absolute Gasteiger partial charge is 0.138 e. The fraction of sp³-hybridized carbons (Fsp3) is 0.412. The number of hydrogen-bond donors (Lipinski definition) is 0. The van der Waals surface area contributed by atoms with Crippen LogP contribution in [0.4, 0.5) is 0 Å². The molecule has 0 radical (unpaired) electrons.